The van der Waals surface area contributed by atoms with E-state index in [0.29, 0.717) is 30.8 Å². The fourth-order valence-electron chi connectivity index (χ4n) is 2.84. The molecule has 1 aliphatic rings. The Bertz CT molecular complexity index is 757. The molecule has 3 rings (SSSR count). The number of carbonyl (C=O) groups is 1. The zero-order valence-corrected chi connectivity index (χ0v) is 13.3. The van der Waals surface area contributed by atoms with Crippen LogP contribution in [0.1, 0.15) is 35.6 Å². The molecule has 7 nitrogen and oxygen atoms in total. The quantitative estimate of drug-likeness (QED) is 0.923. The lowest BCUT2D eigenvalue weighted by atomic mass is 9.95. The molecule has 0 saturated carbocycles. The number of alkyl halides is 3. The van der Waals surface area contributed by atoms with Gasteiger partial charge in [0, 0.05) is 18.3 Å². The summed E-state index contributed by atoms with van der Waals surface area (Å²) in [5, 5.41) is 10.1. The summed E-state index contributed by atoms with van der Waals surface area (Å²) >= 11 is 0. The normalized spacial score (nSPS) is 14.5. The van der Waals surface area contributed by atoms with Crippen LogP contribution in [0.5, 0.6) is 0 Å². The van der Waals surface area contributed by atoms with Crippen molar-refractivity contribution in [1.29, 1.82) is 0 Å². The third-order valence-electron chi connectivity index (χ3n) is 4.05. The van der Waals surface area contributed by atoms with Gasteiger partial charge in [0.25, 0.3) is 0 Å². The minimum atomic E-state index is -4.51. The lowest BCUT2D eigenvalue weighted by Crippen LogP contribution is -2.22. The highest BCUT2D eigenvalue weighted by Gasteiger charge is 2.39. The Morgan fingerprint density at radius 2 is 1.96 bits per heavy atom. The maximum atomic E-state index is 13.1. The molecule has 0 bridgehead atoms. The number of hydrogen-bond donors (Lipinski definition) is 1. The van der Waals surface area contributed by atoms with Crippen molar-refractivity contribution in [2.45, 2.75) is 45.3 Å². The molecule has 130 valence electrons. The van der Waals surface area contributed by atoms with Crippen molar-refractivity contribution in [3.05, 3.63) is 22.8 Å². The largest absolute Gasteiger partial charge is 0.435 e. The molecule has 0 unspecified atom stereocenters. The molecule has 2 aromatic heterocycles. The topological polar surface area (TPSA) is 77.6 Å². The van der Waals surface area contributed by atoms with E-state index < -0.39 is 17.8 Å². The van der Waals surface area contributed by atoms with E-state index in [1.54, 1.807) is 14.0 Å². The lowest BCUT2D eigenvalue weighted by Gasteiger charge is -2.14. The maximum absolute atomic E-state index is 13.1. The second-order valence-corrected chi connectivity index (χ2v) is 5.79. The SMILES string of the molecule is Cc1nc(NC(=O)Cn2nc(C(F)(F)F)c3c2CCCC3)nn1C. The highest BCUT2D eigenvalue weighted by Crippen LogP contribution is 2.35. The van der Waals surface area contributed by atoms with Crippen molar-refractivity contribution in [2.24, 2.45) is 7.05 Å². The molecule has 2 aromatic rings. The van der Waals surface area contributed by atoms with E-state index in [-0.39, 0.29) is 18.1 Å². The molecule has 1 amide bonds. The molecular weight excluding hydrogens is 325 g/mol. The lowest BCUT2D eigenvalue weighted by molar-refractivity contribution is -0.142. The van der Waals surface area contributed by atoms with Crippen molar-refractivity contribution in [3.8, 4) is 0 Å². The molecule has 0 radical (unpaired) electrons. The van der Waals surface area contributed by atoms with Crippen LogP contribution >= 0.6 is 0 Å². The molecule has 10 heteroatoms. The van der Waals surface area contributed by atoms with E-state index in [4.69, 9.17) is 0 Å². The van der Waals surface area contributed by atoms with Crippen molar-refractivity contribution in [2.75, 3.05) is 5.32 Å². The van der Waals surface area contributed by atoms with Crippen molar-refractivity contribution < 1.29 is 18.0 Å². The zero-order chi connectivity index (χ0) is 17.5. The van der Waals surface area contributed by atoms with Crippen molar-refractivity contribution >= 4 is 11.9 Å². The van der Waals surface area contributed by atoms with Gasteiger partial charge in [0.1, 0.15) is 12.4 Å². The van der Waals surface area contributed by atoms with Gasteiger partial charge in [-0.1, -0.05) is 0 Å². The van der Waals surface area contributed by atoms with Crippen LogP contribution < -0.4 is 5.32 Å². The summed E-state index contributed by atoms with van der Waals surface area (Å²) in [4.78, 5) is 16.1. The summed E-state index contributed by atoms with van der Waals surface area (Å²) in [6, 6.07) is 0. The van der Waals surface area contributed by atoms with Gasteiger partial charge >= 0.3 is 6.18 Å². The molecule has 1 N–H and O–H groups in total. The Morgan fingerprint density at radius 1 is 1.25 bits per heavy atom. The zero-order valence-electron chi connectivity index (χ0n) is 13.3. The van der Waals surface area contributed by atoms with Crippen LogP contribution in [0.4, 0.5) is 19.1 Å². The van der Waals surface area contributed by atoms with Crippen LogP contribution in [0.3, 0.4) is 0 Å². The number of nitrogens with zero attached hydrogens (tertiary/aromatic N) is 5. The van der Waals surface area contributed by atoms with Gasteiger partial charge < -0.3 is 0 Å². The fourth-order valence-corrected chi connectivity index (χ4v) is 2.84. The van der Waals surface area contributed by atoms with E-state index >= 15 is 0 Å². The number of anilines is 1. The maximum Gasteiger partial charge on any atom is 0.435 e. The Kier molecular flexibility index (Phi) is 4.06. The molecule has 24 heavy (non-hydrogen) atoms. The molecule has 2 heterocycles. The first-order valence-corrected chi connectivity index (χ1v) is 7.59. The summed E-state index contributed by atoms with van der Waals surface area (Å²) in [6.07, 6.45) is -2.19. The first-order chi connectivity index (χ1) is 11.3. The predicted octanol–water partition coefficient (Wildman–Crippen LogP) is 1.86. The molecule has 0 spiro atoms. The third-order valence-corrected chi connectivity index (χ3v) is 4.05. The van der Waals surface area contributed by atoms with Crippen molar-refractivity contribution in [1.82, 2.24) is 24.5 Å². The van der Waals surface area contributed by atoms with Gasteiger partial charge in [-0.2, -0.15) is 23.3 Å². The minimum Gasteiger partial charge on any atom is -0.292 e. The smallest absolute Gasteiger partial charge is 0.292 e. The Hall–Kier alpha value is -2.39. The standard InChI is InChI=1S/C14H17F3N6O/c1-8-18-13(21-22(8)2)19-11(24)7-23-10-6-4-3-5-9(10)12(20-23)14(15,16)17/h3-7H2,1-2H3,(H,19,21,24). The van der Waals surface area contributed by atoms with Gasteiger partial charge in [-0.15, -0.1) is 5.10 Å². The third kappa shape index (κ3) is 3.13. The summed E-state index contributed by atoms with van der Waals surface area (Å²) in [7, 11) is 1.68. The second-order valence-electron chi connectivity index (χ2n) is 5.79. The van der Waals surface area contributed by atoms with E-state index in [1.807, 2.05) is 0 Å². The van der Waals surface area contributed by atoms with E-state index in [0.717, 1.165) is 11.1 Å². The van der Waals surface area contributed by atoms with E-state index in [9.17, 15) is 18.0 Å². The molecule has 0 fully saturated rings. The Labute approximate surface area is 135 Å². The average molecular weight is 342 g/mol. The minimum absolute atomic E-state index is 0.122. The number of aryl methyl sites for hydroxylation is 2. The average Bonchev–Trinajstić information content (AvgIpc) is 3.00. The van der Waals surface area contributed by atoms with Gasteiger partial charge in [-0.25, -0.2) is 0 Å². The molecular formula is C14H17F3N6O. The van der Waals surface area contributed by atoms with Gasteiger partial charge in [0.05, 0.1) is 0 Å². The number of fused-ring (bicyclic) bond motifs is 1. The van der Waals surface area contributed by atoms with E-state index in [1.165, 1.54) is 4.68 Å². The fraction of sp³-hybridized carbons (Fsp3) is 0.571. The number of aromatic nitrogens is 5. The predicted molar refractivity (Wildman–Crippen MR) is 78.2 cm³/mol. The van der Waals surface area contributed by atoms with Crippen LogP contribution in [-0.4, -0.2) is 30.5 Å². The molecule has 0 aliphatic heterocycles. The molecule has 1 aliphatic carbocycles. The van der Waals surface area contributed by atoms with Gasteiger partial charge in [-0.3, -0.25) is 19.5 Å². The monoisotopic (exact) mass is 342 g/mol. The Balaban J connectivity index is 1.82. The number of amides is 1. The van der Waals surface area contributed by atoms with Gasteiger partial charge in [0.2, 0.25) is 11.9 Å². The highest BCUT2D eigenvalue weighted by atomic mass is 19.4. The number of carbonyl (C=O) groups excluding carboxylic acids is 1. The number of nitrogens with one attached hydrogen (secondary N) is 1. The molecule has 0 atom stereocenters. The summed E-state index contributed by atoms with van der Waals surface area (Å²) in [5.74, 6) is 0.225. The van der Waals surface area contributed by atoms with Crippen LogP contribution in [0.15, 0.2) is 0 Å². The van der Waals surface area contributed by atoms with Gasteiger partial charge in [-0.05, 0) is 32.6 Å². The number of rotatable bonds is 3. The van der Waals surface area contributed by atoms with Gasteiger partial charge in [0.15, 0.2) is 5.69 Å². The van der Waals surface area contributed by atoms with E-state index in [2.05, 4.69) is 20.5 Å². The van der Waals surface area contributed by atoms with Crippen LogP contribution in [0, 0.1) is 6.92 Å². The summed E-state index contributed by atoms with van der Waals surface area (Å²) < 4.78 is 42.0. The Morgan fingerprint density at radius 3 is 2.58 bits per heavy atom. The molecule has 0 saturated heterocycles. The number of halogens is 3. The van der Waals surface area contributed by atoms with Crippen LogP contribution in [0.25, 0.3) is 0 Å². The second kappa shape index (κ2) is 5.91. The summed E-state index contributed by atoms with van der Waals surface area (Å²) in [5.41, 5.74) is -0.168. The van der Waals surface area contributed by atoms with Crippen molar-refractivity contribution in [3.63, 3.8) is 0 Å². The first-order valence-electron chi connectivity index (χ1n) is 7.59. The molecule has 0 aromatic carbocycles. The summed E-state index contributed by atoms with van der Waals surface area (Å²) in [6.45, 7) is 1.43. The number of hydrogen-bond acceptors (Lipinski definition) is 4. The first kappa shape index (κ1) is 16.5. The highest BCUT2D eigenvalue weighted by molar-refractivity contribution is 5.88. The van der Waals surface area contributed by atoms with Crippen LogP contribution in [-0.2, 0) is 37.4 Å². The van der Waals surface area contributed by atoms with Crippen LogP contribution in [0.2, 0.25) is 0 Å².